The van der Waals surface area contributed by atoms with Crippen LogP contribution in [0, 0.1) is 10.1 Å². The van der Waals surface area contributed by atoms with Crippen LogP contribution in [-0.2, 0) is 14.4 Å². The zero-order valence-electron chi connectivity index (χ0n) is 14.1. The van der Waals surface area contributed by atoms with Crippen molar-refractivity contribution in [2.75, 3.05) is 4.90 Å². The molecule has 1 atom stereocenters. The van der Waals surface area contributed by atoms with Crippen molar-refractivity contribution in [3.05, 3.63) is 68.2 Å². The number of hydrogen-bond donors (Lipinski definition) is 0. The number of oxime groups is 1. The van der Waals surface area contributed by atoms with Gasteiger partial charge in [-0.05, 0) is 18.2 Å². The average molecular weight is 420 g/mol. The summed E-state index contributed by atoms with van der Waals surface area (Å²) in [5.41, 5.74) is -0.631. The topological polar surface area (TPSA) is 102 Å². The molecule has 0 aromatic heterocycles. The van der Waals surface area contributed by atoms with E-state index in [1.807, 2.05) is 0 Å². The van der Waals surface area contributed by atoms with Gasteiger partial charge in [0.2, 0.25) is 11.5 Å². The number of amides is 2. The van der Waals surface area contributed by atoms with Gasteiger partial charge in [0, 0.05) is 29.1 Å². The van der Waals surface area contributed by atoms with Gasteiger partial charge in [-0.2, -0.15) is 0 Å². The molecule has 1 saturated heterocycles. The smallest absolute Gasteiger partial charge is 0.281 e. The maximum absolute atomic E-state index is 13.1. The summed E-state index contributed by atoms with van der Waals surface area (Å²) in [4.78, 5) is 42.4. The van der Waals surface area contributed by atoms with Gasteiger partial charge in [-0.1, -0.05) is 40.5 Å². The summed E-state index contributed by atoms with van der Waals surface area (Å²) < 4.78 is 0. The van der Waals surface area contributed by atoms with Crippen molar-refractivity contribution >= 4 is 52.1 Å². The second kappa shape index (κ2) is 6.57. The standard InChI is InChI=1S/C18H11Cl2N3O5/c19-11-4-5-13(20)15(7-11)22-16(24)9-18(17(22)25)8-14(21-28-18)10-2-1-3-12(6-10)23(26)27/h1-7H,8-9H2. The van der Waals surface area contributed by atoms with Crippen molar-refractivity contribution < 1.29 is 19.3 Å². The fourth-order valence-electron chi connectivity index (χ4n) is 3.26. The quantitative estimate of drug-likeness (QED) is 0.428. The minimum absolute atomic E-state index is 0.00737. The fraction of sp³-hybridized carbons (Fsp3) is 0.167. The molecule has 2 amide bonds. The molecule has 2 heterocycles. The monoisotopic (exact) mass is 419 g/mol. The molecule has 0 radical (unpaired) electrons. The predicted molar refractivity (Wildman–Crippen MR) is 102 cm³/mol. The van der Waals surface area contributed by atoms with Crippen LogP contribution in [0.5, 0.6) is 0 Å². The first-order chi connectivity index (χ1) is 13.3. The third-order valence-corrected chi connectivity index (χ3v) is 5.16. The molecule has 2 aliphatic rings. The Kier molecular flexibility index (Phi) is 4.32. The van der Waals surface area contributed by atoms with Gasteiger partial charge in [-0.3, -0.25) is 19.7 Å². The Morgan fingerprint density at radius 3 is 2.68 bits per heavy atom. The molecule has 142 valence electrons. The van der Waals surface area contributed by atoms with Crippen LogP contribution in [-0.4, -0.2) is 28.1 Å². The lowest BCUT2D eigenvalue weighted by atomic mass is 9.92. The van der Waals surface area contributed by atoms with Crippen molar-refractivity contribution in [2.24, 2.45) is 5.16 Å². The van der Waals surface area contributed by atoms with Gasteiger partial charge in [0.15, 0.2) is 0 Å². The Balaban J connectivity index is 1.64. The molecule has 1 unspecified atom stereocenters. The van der Waals surface area contributed by atoms with Gasteiger partial charge in [0.25, 0.3) is 11.6 Å². The van der Waals surface area contributed by atoms with Gasteiger partial charge in [0.05, 0.1) is 27.8 Å². The number of imide groups is 1. The zero-order chi connectivity index (χ0) is 20.1. The first-order valence-electron chi connectivity index (χ1n) is 8.13. The number of nitro benzene ring substituents is 1. The summed E-state index contributed by atoms with van der Waals surface area (Å²) in [7, 11) is 0. The molecule has 4 rings (SSSR count). The highest BCUT2D eigenvalue weighted by Crippen LogP contribution is 2.41. The third kappa shape index (κ3) is 2.90. The van der Waals surface area contributed by atoms with Crippen LogP contribution in [0.25, 0.3) is 0 Å². The molecule has 2 aliphatic heterocycles. The van der Waals surface area contributed by atoms with Crippen molar-refractivity contribution in [2.45, 2.75) is 18.4 Å². The van der Waals surface area contributed by atoms with Crippen molar-refractivity contribution in [1.82, 2.24) is 0 Å². The van der Waals surface area contributed by atoms with Gasteiger partial charge < -0.3 is 4.84 Å². The Hall–Kier alpha value is -2.97. The highest BCUT2D eigenvalue weighted by molar-refractivity contribution is 6.38. The number of carbonyl (C=O) groups excluding carboxylic acids is 2. The number of halogens is 2. The van der Waals surface area contributed by atoms with E-state index < -0.39 is 22.3 Å². The lowest BCUT2D eigenvalue weighted by molar-refractivity contribution is -0.384. The van der Waals surface area contributed by atoms with Crippen LogP contribution in [0.15, 0.2) is 47.6 Å². The first-order valence-corrected chi connectivity index (χ1v) is 8.89. The summed E-state index contributed by atoms with van der Waals surface area (Å²) in [5, 5.41) is 15.4. The van der Waals surface area contributed by atoms with Gasteiger partial charge >= 0.3 is 0 Å². The van der Waals surface area contributed by atoms with E-state index in [9.17, 15) is 19.7 Å². The van der Waals surface area contributed by atoms with E-state index in [1.54, 1.807) is 12.1 Å². The lowest BCUT2D eigenvalue weighted by Gasteiger charge is -2.20. The maximum atomic E-state index is 13.1. The second-order valence-electron chi connectivity index (χ2n) is 6.41. The molecule has 0 N–H and O–H groups in total. The van der Waals surface area contributed by atoms with E-state index in [0.29, 0.717) is 16.3 Å². The molecule has 0 saturated carbocycles. The van der Waals surface area contributed by atoms with E-state index >= 15 is 0 Å². The molecule has 1 spiro atoms. The van der Waals surface area contributed by atoms with Crippen molar-refractivity contribution in [3.8, 4) is 0 Å². The van der Waals surface area contributed by atoms with Crippen LogP contribution in [0.4, 0.5) is 11.4 Å². The van der Waals surface area contributed by atoms with E-state index in [0.717, 1.165) is 4.90 Å². The summed E-state index contributed by atoms with van der Waals surface area (Å²) in [6.45, 7) is 0. The number of nitro groups is 1. The molecular weight excluding hydrogens is 409 g/mol. The van der Waals surface area contributed by atoms with Gasteiger partial charge in [0.1, 0.15) is 0 Å². The molecule has 10 heteroatoms. The number of hydrogen-bond acceptors (Lipinski definition) is 6. The van der Waals surface area contributed by atoms with Crippen LogP contribution in [0.3, 0.4) is 0 Å². The number of non-ortho nitro benzene ring substituents is 1. The average Bonchev–Trinajstić information content (AvgIpc) is 3.19. The summed E-state index contributed by atoms with van der Waals surface area (Å²) in [6, 6.07) is 10.3. The zero-order valence-corrected chi connectivity index (χ0v) is 15.6. The Labute approximate surface area is 168 Å². The predicted octanol–water partition coefficient (Wildman–Crippen LogP) is 3.73. The molecule has 0 bridgehead atoms. The van der Waals surface area contributed by atoms with E-state index in [-0.39, 0.29) is 29.2 Å². The Morgan fingerprint density at radius 2 is 1.93 bits per heavy atom. The lowest BCUT2D eigenvalue weighted by Crippen LogP contribution is -2.41. The van der Waals surface area contributed by atoms with E-state index in [1.165, 1.54) is 30.3 Å². The van der Waals surface area contributed by atoms with Crippen molar-refractivity contribution in [3.63, 3.8) is 0 Å². The van der Waals surface area contributed by atoms with Crippen LogP contribution >= 0.6 is 23.2 Å². The first kappa shape index (κ1) is 18.4. The Morgan fingerprint density at radius 1 is 1.14 bits per heavy atom. The molecule has 0 aliphatic carbocycles. The summed E-state index contributed by atoms with van der Waals surface area (Å²) >= 11 is 12.1. The minimum atomic E-state index is -1.50. The highest BCUT2D eigenvalue weighted by atomic mass is 35.5. The number of carbonyl (C=O) groups is 2. The van der Waals surface area contributed by atoms with Gasteiger partial charge in [-0.15, -0.1) is 0 Å². The summed E-state index contributed by atoms with van der Waals surface area (Å²) in [6.07, 6.45) is -0.218. The van der Waals surface area contributed by atoms with Crippen molar-refractivity contribution in [1.29, 1.82) is 0 Å². The van der Waals surface area contributed by atoms with Crippen LogP contribution in [0.1, 0.15) is 18.4 Å². The Bertz CT molecular complexity index is 1070. The number of benzene rings is 2. The largest absolute Gasteiger partial charge is 0.378 e. The molecule has 28 heavy (non-hydrogen) atoms. The maximum Gasteiger partial charge on any atom is 0.281 e. The minimum Gasteiger partial charge on any atom is -0.378 e. The third-order valence-electron chi connectivity index (χ3n) is 4.60. The number of anilines is 1. The highest BCUT2D eigenvalue weighted by Gasteiger charge is 2.58. The van der Waals surface area contributed by atoms with E-state index in [4.69, 9.17) is 28.0 Å². The normalized spacial score (nSPS) is 21.2. The van der Waals surface area contributed by atoms with E-state index in [2.05, 4.69) is 5.16 Å². The van der Waals surface area contributed by atoms with Crippen LogP contribution in [0.2, 0.25) is 10.0 Å². The SMILES string of the molecule is O=C1CC2(CC(c3cccc([N+](=O)[O-])c3)=NO2)C(=O)N1c1cc(Cl)ccc1Cl. The van der Waals surface area contributed by atoms with Gasteiger partial charge in [-0.25, -0.2) is 4.90 Å². The molecule has 2 aromatic rings. The molecular formula is C18H11Cl2N3O5. The summed E-state index contributed by atoms with van der Waals surface area (Å²) in [5.74, 6) is -1.10. The molecule has 1 fully saturated rings. The number of nitrogens with zero attached hydrogens (tertiary/aromatic N) is 3. The van der Waals surface area contributed by atoms with Crippen LogP contribution < -0.4 is 4.90 Å². The number of rotatable bonds is 3. The molecule has 8 nitrogen and oxygen atoms in total. The molecule has 2 aromatic carbocycles. The fourth-order valence-corrected chi connectivity index (χ4v) is 3.63. The second-order valence-corrected chi connectivity index (χ2v) is 7.26.